The van der Waals surface area contributed by atoms with Gasteiger partial charge in [-0.3, -0.25) is 4.79 Å². The fourth-order valence-electron chi connectivity index (χ4n) is 0.993. The van der Waals surface area contributed by atoms with Gasteiger partial charge in [0, 0.05) is 6.54 Å². The molecule has 0 spiro atoms. The van der Waals surface area contributed by atoms with Crippen molar-refractivity contribution in [2.24, 2.45) is 5.73 Å². The molecule has 0 fully saturated rings. The molecule has 0 rings (SSSR count). The monoisotopic (exact) mass is 266 g/mol. The van der Waals surface area contributed by atoms with Crippen LogP contribution in [0.15, 0.2) is 0 Å². The van der Waals surface area contributed by atoms with Crippen molar-refractivity contribution in [2.75, 3.05) is 13.1 Å². The van der Waals surface area contributed by atoms with Crippen LogP contribution in [0.5, 0.6) is 0 Å². The lowest BCUT2D eigenvalue weighted by Crippen LogP contribution is -2.63. The number of likely N-dealkylation sites (N-methyl/N-ethyl adjacent to an activating group) is 1. The summed E-state index contributed by atoms with van der Waals surface area (Å²) < 4.78 is 73.1. The van der Waals surface area contributed by atoms with Crippen molar-refractivity contribution in [2.45, 2.75) is 31.7 Å². The molecule has 0 heterocycles. The molecule has 9 heteroatoms. The third kappa shape index (κ3) is 4.06. The van der Waals surface area contributed by atoms with Gasteiger partial charge >= 0.3 is 12.4 Å². The van der Waals surface area contributed by atoms with Gasteiger partial charge in [0.2, 0.25) is 0 Å². The molecule has 0 saturated heterocycles. The molecule has 102 valence electrons. The molecular formula is C8H12F6N2O. The maximum Gasteiger partial charge on any atom is 0.415 e. The highest BCUT2D eigenvalue weighted by Crippen LogP contribution is 2.30. The summed E-state index contributed by atoms with van der Waals surface area (Å²) >= 11 is 0. The molecule has 3 nitrogen and oxygen atoms in total. The highest BCUT2D eigenvalue weighted by molar-refractivity contribution is 5.86. The van der Waals surface area contributed by atoms with Crippen LogP contribution in [0, 0.1) is 0 Å². The zero-order valence-corrected chi connectivity index (χ0v) is 9.11. The highest BCUT2D eigenvalue weighted by Gasteiger charge is 2.56. The van der Waals surface area contributed by atoms with Crippen LogP contribution < -0.4 is 5.73 Å². The molecule has 0 bridgehead atoms. The molecule has 0 aliphatic carbocycles. The Balaban J connectivity index is 5.01. The van der Waals surface area contributed by atoms with E-state index >= 15 is 0 Å². The van der Waals surface area contributed by atoms with Crippen molar-refractivity contribution in [3.63, 3.8) is 0 Å². The molecule has 0 aromatic heterocycles. The molecule has 0 saturated carbocycles. The van der Waals surface area contributed by atoms with Gasteiger partial charge in [0.1, 0.15) is 6.54 Å². The van der Waals surface area contributed by atoms with E-state index in [4.69, 9.17) is 5.73 Å². The fourth-order valence-corrected chi connectivity index (χ4v) is 0.993. The Morgan fingerprint density at radius 2 is 1.59 bits per heavy atom. The highest BCUT2D eigenvalue weighted by atomic mass is 19.4. The van der Waals surface area contributed by atoms with Gasteiger partial charge in [0.15, 0.2) is 5.54 Å². The minimum absolute atomic E-state index is 0.0213. The average Bonchev–Trinajstić information content (AvgIpc) is 2.09. The second-order valence-electron chi connectivity index (χ2n) is 3.63. The normalized spacial score (nSPS) is 16.5. The summed E-state index contributed by atoms with van der Waals surface area (Å²) in [5, 5.41) is 0. The molecule has 1 atom stereocenters. The van der Waals surface area contributed by atoms with Crippen molar-refractivity contribution >= 4 is 5.91 Å². The van der Waals surface area contributed by atoms with Crippen LogP contribution in [0.25, 0.3) is 0 Å². The van der Waals surface area contributed by atoms with Crippen LogP contribution in [0.2, 0.25) is 0 Å². The first-order valence-electron chi connectivity index (χ1n) is 4.54. The van der Waals surface area contributed by atoms with Gasteiger partial charge in [-0.05, 0) is 13.8 Å². The Morgan fingerprint density at radius 1 is 1.18 bits per heavy atom. The fraction of sp³-hybridized carbons (Fsp3) is 0.875. The Bertz CT molecular complexity index is 283. The number of nitrogens with two attached hydrogens (primary N) is 1. The summed E-state index contributed by atoms with van der Waals surface area (Å²) in [6.45, 7) is -0.795. The molecule has 1 amide bonds. The van der Waals surface area contributed by atoms with Crippen LogP contribution >= 0.6 is 0 Å². The molecule has 0 aromatic carbocycles. The van der Waals surface area contributed by atoms with E-state index in [0.29, 0.717) is 6.92 Å². The quantitative estimate of drug-likeness (QED) is 0.790. The second-order valence-corrected chi connectivity index (χ2v) is 3.63. The van der Waals surface area contributed by atoms with Gasteiger partial charge in [0.05, 0.1) is 0 Å². The number of amides is 1. The second kappa shape index (κ2) is 4.71. The van der Waals surface area contributed by atoms with E-state index in [1.807, 2.05) is 0 Å². The van der Waals surface area contributed by atoms with Crippen molar-refractivity contribution < 1.29 is 31.1 Å². The van der Waals surface area contributed by atoms with Gasteiger partial charge < -0.3 is 10.6 Å². The van der Waals surface area contributed by atoms with Gasteiger partial charge in [-0.1, -0.05) is 0 Å². The molecule has 0 aliphatic rings. The number of hydrogen-bond acceptors (Lipinski definition) is 2. The number of carbonyl (C=O) groups excluding carboxylic acids is 1. The maximum absolute atomic E-state index is 12.4. The van der Waals surface area contributed by atoms with Crippen LogP contribution in [0.3, 0.4) is 0 Å². The number of carbonyl (C=O) groups is 1. The summed E-state index contributed by atoms with van der Waals surface area (Å²) in [4.78, 5) is 11.3. The Kier molecular flexibility index (Phi) is 4.44. The van der Waals surface area contributed by atoms with Crippen molar-refractivity contribution in [1.29, 1.82) is 0 Å². The zero-order valence-electron chi connectivity index (χ0n) is 9.11. The lowest BCUT2D eigenvalue weighted by molar-refractivity contribution is -0.201. The number of nitrogens with zero attached hydrogens (tertiary/aromatic N) is 1. The molecule has 0 aromatic rings. The topological polar surface area (TPSA) is 46.3 Å². The van der Waals surface area contributed by atoms with E-state index in [9.17, 15) is 31.1 Å². The maximum atomic E-state index is 12.4. The molecule has 0 radical (unpaired) electrons. The van der Waals surface area contributed by atoms with E-state index in [1.165, 1.54) is 0 Å². The minimum atomic E-state index is -5.11. The summed E-state index contributed by atoms with van der Waals surface area (Å²) in [6.07, 6.45) is -9.88. The first-order chi connectivity index (χ1) is 7.33. The number of rotatable bonds is 3. The SMILES string of the molecule is CCN(CC(F)(F)F)C(=O)C(C)(N)C(F)(F)F. The number of alkyl halides is 6. The van der Waals surface area contributed by atoms with Crippen LogP contribution in [0.1, 0.15) is 13.8 Å². The zero-order chi connectivity index (χ0) is 14.1. The van der Waals surface area contributed by atoms with Crippen molar-refractivity contribution in [3.05, 3.63) is 0 Å². The molecular weight excluding hydrogens is 254 g/mol. The van der Waals surface area contributed by atoms with Gasteiger partial charge in [-0.25, -0.2) is 0 Å². The van der Waals surface area contributed by atoms with Gasteiger partial charge in [-0.15, -0.1) is 0 Å². The van der Waals surface area contributed by atoms with E-state index in [1.54, 1.807) is 0 Å². The van der Waals surface area contributed by atoms with E-state index in [-0.39, 0.29) is 4.90 Å². The smallest absolute Gasteiger partial charge is 0.332 e. The van der Waals surface area contributed by atoms with Crippen LogP contribution in [-0.4, -0.2) is 41.8 Å². The predicted octanol–water partition coefficient (Wildman–Crippen LogP) is 1.68. The molecule has 1 unspecified atom stereocenters. The molecule has 2 N–H and O–H groups in total. The summed E-state index contributed by atoms with van der Waals surface area (Å²) in [5.41, 5.74) is 1.42. The molecule has 0 aliphatic heterocycles. The first kappa shape index (κ1) is 16.0. The van der Waals surface area contributed by atoms with E-state index in [2.05, 4.69) is 0 Å². The largest absolute Gasteiger partial charge is 0.415 e. The third-order valence-corrected chi connectivity index (χ3v) is 2.07. The van der Waals surface area contributed by atoms with Gasteiger partial charge in [-0.2, -0.15) is 26.3 Å². The Morgan fingerprint density at radius 3 is 1.82 bits per heavy atom. The lowest BCUT2D eigenvalue weighted by atomic mass is 10.0. The van der Waals surface area contributed by atoms with E-state index in [0.717, 1.165) is 6.92 Å². The van der Waals surface area contributed by atoms with Gasteiger partial charge in [0.25, 0.3) is 5.91 Å². The summed E-state index contributed by atoms with van der Waals surface area (Å²) in [6, 6.07) is 0. The lowest BCUT2D eigenvalue weighted by Gasteiger charge is -2.32. The summed E-state index contributed by atoms with van der Waals surface area (Å²) in [7, 11) is 0. The average molecular weight is 266 g/mol. The van der Waals surface area contributed by atoms with Crippen LogP contribution in [-0.2, 0) is 4.79 Å². The first-order valence-corrected chi connectivity index (χ1v) is 4.54. The molecule has 17 heavy (non-hydrogen) atoms. The number of halogens is 6. The Hall–Kier alpha value is -0.990. The number of hydrogen-bond donors (Lipinski definition) is 1. The van der Waals surface area contributed by atoms with Crippen molar-refractivity contribution in [1.82, 2.24) is 4.90 Å². The predicted molar refractivity (Wildman–Crippen MR) is 47.0 cm³/mol. The van der Waals surface area contributed by atoms with Crippen LogP contribution in [0.4, 0.5) is 26.3 Å². The van der Waals surface area contributed by atoms with E-state index < -0.39 is 36.9 Å². The Labute approximate surface area is 93.5 Å². The standard InChI is InChI=1S/C8H12F6N2O/c1-3-16(4-7(9,10)11)5(17)6(2,15)8(12,13)14/h3-4,15H2,1-2H3. The van der Waals surface area contributed by atoms with Crippen molar-refractivity contribution in [3.8, 4) is 0 Å². The third-order valence-electron chi connectivity index (χ3n) is 2.07. The summed E-state index contributed by atoms with van der Waals surface area (Å²) in [5.74, 6) is -1.80. The minimum Gasteiger partial charge on any atom is -0.332 e.